The molecule has 2 heterocycles. The van der Waals surface area contributed by atoms with E-state index >= 15 is 0 Å². The Bertz CT molecular complexity index is 2280. The van der Waals surface area contributed by atoms with Gasteiger partial charge in [-0.05, 0) is 19.2 Å². The summed E-state index contributed by atoms with van der Waals surface area (Å²) in [4.78, 5) is 93.8. The molecule has 0 fully saturated rings. The molecule has 10 atom stereocenters. The summed E-state index contributed by atoms with van der Waals surface area (Å²) in [7, 11) is 4.47. The number of aliphatic carboxylic acids is 2. The molecule has 18 N–H and O–H groups in total. The number of rotatable bonds is 39. The Labute approximate surface area is 485 Å². The van der Waals surface area contributed by atoms with E-state index < -0.39 is 133 Å². The molecule has 0 aromatic heterocycles. The Morgan fingerprint density at radius 2 is 1.02 bits per heavy atom. The standard InChI is InChI=1S/C49H84N14O21/c1-7-15-76-19-21-79-23-24-80-22-20-77-16-8-55-47(54)63(14-18-78-17-13-62(6)49(75)84-40(34(69)28-65)42-38(57-30(3)67)32(59-46(52)53)26-36(82-42)44(72)73)12-10-60(4)9-11-61(5)48(74)83-39(33(68)27-64)41-37(56-29(2)66)31(58-45(50)51)25-35(81-41)43(70)71/h1,25-26,31-34,37-42,64-65,68-69H,8-24,27-28H2,2-6H3,(H2,54,55)(H,56,66)(H,57,67)(H,70,71)(H,72,73)(H4,50,51,58)(H4,52,53,59)/t31-,32-,33+,34+,37+,38+,39+,40+,41+,42+/m0/s1. The number of ether oxygens (including phenoxy) is 9. The number of carbonyl (C=O) groups is 6. The lowest BCUT2D eigenvalue weighted by Gasteiger charge is -2.40. The lowest BCUT2D eigenvalue weighted by atomic mass is 9.92. The van der Waals surface area contributed by atoms with Crippen LogP contribution in [-0.4, -0.2) is 311 Å². The summed E-state index contributed by atoms with van der Waals surface area (Å²) in [5.41, 5.74) is 28.8. The molecule has 0 radical (unpaired) electrons. The van der Waals surface area contributed by atoms with Gasteiger partial charge in [0.05, 0.1) is 103 Å². The van der Waals surface area contributed by atoms with E-state index in [9.17, 15) is 59.4 Å². The predicted molar refractivity (Wildman–Crippen MR) is 296 cm³/mol. The first-order valence-electron chi connectivity index (χ1n) is 26.3. The number of carboxylic acid groups (broad SMARTS) is 2. The molecular weight excluding hydrogens is 1120 g/mol. The van der Waals surface area contributed by atoms with E-state index in [1.165, 1.54) is 14.1 Å². The number of nitrogens with one attached hydrogen (secondary N) is 2. The molecule has 0 aromatic rings. The first-order valence-corrected chi connectivity index (χ1v) is 26.3. The average molecular weight is 1210 g/mol. The second-order valence-electron chi connectivity index (χ2n) is 18.7. The number of aliphatic hydroxyl groups is 4. The Morgan fingerprint density at radius 1 is 0.619 bits per heavy atom. The van der Waals surface area contributed by atoms with Crippen molar-refractivity contribution >= 4 is 53.8 Å². The number of guanidine groups is 3. The van der Waals surface area contributed by atoms with Gasteiger partial charge >= 0.3 is 24.1 Å². The fraction of sp³-hybridized carbons (Fsp3) is 0.694. The molecular formula is C49H84N14O21. The quantitative estimate of drug-likeness (QED) is 0.0118. The van der Waals surface area contributed by atoms with Crippen LogP contribution >= 0.6 is 0 Å². The Balaban J connectivity index is 2.16. The number of likely N-dealkylation sites (N-methyl/N-ethyl adjacent to an activating group) is 3. The van der Waals surface area contributed by atoms with Crippen molar-refractivity contribution in [2.24, 2.45) is 43.6 Å². The lowest BCUT2D eigenvalue weighted by Crippen LogP contribution is -2.61. The summed E-state index contributed by atoms with van der Waals surface area (Å²) in [5, 5.41) is 66.2. The van der Waals surface area contributed by atoms with Crippen LogP contribution in [0.3, 0.4) is 0 Å². The highest BCUT2D eigenvalue weighted by molar-refractivity contribution is 5.86. The first kappa shape index (κ1) is 72.6. The number of carbonyl (C=O) groups excluding carboxylic acids is 4. The van der Waals surface area contributed by atoms with Crippen LogP contribution in [0.1, 0.15) is 13.8 Å². The van der Waals surface area contributed by atoms with Gasteiger partial charge in [0.25, 0.3) is 0 Å². The van der Waals surface area contributed by atoms with Gasteiger partial charge in [-0.2, -0.15) is 0 Å². The van der Waals surface area contributed by atoms with E-state index in [0.717, 1.165) is 35.8 Å². The van der Waals surface area contributed by atoms with Gasteiger partial charge in [-0.3, -0.25) is 14.6 Å². The third-order valence-electron chi connectivity index (χ3n) is 12.0. The number of aliphatic imine (C=N–C) groups is 3. The molecule has 0 spiro atoms. The maximum atomic E-state index is 13.5. The van der Waals surface area contributed by atoms with Gasteiger partial charge < -0.3 is 132 Å². The molecule has 0 bridgehead atoms. The van der Waals surface area contributed by atoms with Gasteiger partial charge in [0.1, 0.15) is 18.8 Å². The molecule has 0 unspecified atom stereocenters. The van der Waals surface area contributed by atoms with E-state index in [-0.39, 0.29) is 78.3 Å². The third kappa shape index (κ3) is 26.8. The highest BCUT2D eigenvalue weighted by Crippen LogP contribution is 2.29. The number of nitrogens with two attached hydrogens (primary N) is 5. The molecule has 2 rings (SSSR count). The zero-order valence-electron chi connectivity index (χ0n) is 47.8. The number of hydrogen-bond acceptors (Lipinski definition) is 23. The molecule has 2 aliphatic rings. The first-order chi connectivity index (χ1) is 39.8. The predicted octanol–water partition coefficient (Wildman–Crippen LogP) is -7.14. The molecule has 35 nitrogen and oxygen atoms in total. The highest BCUT2D eigenvalue weighted by atomic mass is 16.6. The molecule has 476 valence electrons. The summed E-state index contributed by atoms with van der Waals surface area (Å²) < 4.78 is 49.9. The smallest absolute Gasteiger partial charge is 0.410 e. The Morgan fingerprint density at radius 3 is 1.44 bits per heavy atom. The van der Waals surface area contributed by atoms with Gasteiger partial charge in [0, 0.05) is 67.2 Å². The van der Waals surface area contributed by atoms with Crippen LogP contribution in [0.15, 0.2) is 38.6 Å². The number of carboxylic acids is 2. The number of amides is 4. The van der Waals surface area contributed by atoms with Crippen molar-refractivity contribution in [3.8, 4) is 12.3 Å². The van der Waals surface area contributed by atoms with Gasteiger partial charge in [-0.1, -0.05) is 5.92 Å². The van der Waals surface area contributed by atoms with Crippen LogP contribution in [0.4, 0.5) is 9.59 Å². The minimum atomic E-state index is -1.85. The number of nitrogens with zero attached hydrogens (tertiary/aromatic N) is 7. The molecule has 0 aromatic carbocycles. The van der Waals surface area contributed by atoms with Gasteiger partial charge in [0.2, 0.25) is 23.3 Å². The fourth-order valence-electron chi connectivity index (χ4n) is 7.79. The lowest BCUT2D eigenvalue weighted by molar-refractivity contribution is -0.147. The monoisotopic (exact) mass is 1200 g/mol. The van der Waals surface area contributed by atoms with Crippen LogP contribution in [-0.2, 0) is 61.8 Å². The van der Waals surface area contributed by atoms with Crippen molar-refractivity contribution in [3.63, 3.8) is 0 Å². The van der Waals surface area contributed by atoms with Gasteiger partial charge in [-0.25, -0.2) is 29.2 Å². The van der Waals surface area contributed by atoms with Gasteiger partial charge in [0.15, 0.2) is 42.3 Å². The van der Waals surface area contributed by atoms with E-state index in [1.807, 2.05) is 4.90 Å². The number of aliphatic hydroxyl groups excluding tert-OH is 4. The van der Waals surface area contributed by atoms with Crippen LogP contribution in [0.25, 0.3) is 0 Å². The second-order valence-corrected chi connectivity index (χ2v) is 18.7. The summed E-state index contributed by atoms with van der Waals surface area (Å²) in [6, 6.07) is -5.10. The van der Waals surface area contributed by atoms with Crippen molar-refractivity contribution in [3.05, 3.63) is 23.7 Å². The van der Waals surface area contributed by atoms with E-state index in [0.29, 0.717) is 39.6 Å². The van der Waals surface area contributed by atoms with Crippen molar-refractivity contribution in [2.75, 3.05) is 146 Å². The molecule has 0 saturated heterocycles. The summed E-state index contributed by atoms with van der Waals surface area (Å²) in [6.07, 6.45) is -5.38. The third-order valence-corrected chi connectivity index (χ3v) is 12.0. The van der Waals surface area contributed by atoms with Crippen molar-refractivity contribution in [1.82, 2.24) is 30.2 Å². The fourth-order valence-corrected chi connectivity index (χ4v) is 7.79. The second kappa shape index (κ2) is 39.1. The summed E-state index contributed by atoms with van der Waals surface area (Å²) in [6.45, 7) is 3.75. The molecule has 35 heteroatoms. The maximum absolute atomic E-state index is 13.5. The average Bonchev–Trinajstić information content (AvgIpc) is 3.35. The van der Waals surface area contributed by atoms with Gasteiger partial charge in [-0.15, -0.1) is 6.42 Å². The molecule has 84 heavy (non-hydrogen) atoms. The van der Waals surface area contributed by atoms with E-state index in [4.69, 9.17) is 77.7 Å². The minimum Gasteiger partial charge on any atom is -0.477 e. The molecule has 0 aliphatic carbocycles. The maximum Gasteiger partial charge on any atom is 0.410 e. The van der Waals surface area contributed by atoms with Crippen molar-refractivity contribution in [2.45, 2.75) is 74.6 Å². The zero-order valence-corrected chi connectivity index (χ0v) is 47.8. The number of hydrogen-bond donors (Lipinski definition) is 13. The van der Waals surface area contributed by atoms with Crippen LogP contribution < -0.4 is 39.3 Å². The highest BCUT2D eigenvalue weighted by Gasteiger charge is 2.48. The number of terminal acetylenes is 1. The van der Waals surface area contributed by atoms with E-state index in [2.05, 4.69) is 31.5 Å². The Hall–Kier alpha value is -7.53. The van der Waals surface area contributed by atoms with Crippen LogP contribution in [0.2, 0.25) is 0 Å². The minimum absolute atomic E-state index is 0.0236. The van der Waals surface area contributed by atoms with Crippen molar-refractivity contribution in [1.29, 1.82) is 0 Å². The molecule has 0 saturated carbocycles. The molecule has 2 aliphatic heterocycles. The van der Waals surface area contributed by atoms with E-state index in [1.54, 1.807) is 11.9 Å². The van der Waals surface area contributed by atoms with Crippen molar-refractivity contribution < 1.29 is 102 Å². The Kier molecular flexibility index (Phi) is 33.8. The largest absolute Gasteiger partial charge is 0.477 e. The topological polar surface area (TPSA) is 511 Å². The summed E-state index contributed by atoms with van der Waals surface area (Å²) >= 11 is 0. The SMILES string of the molecule is C#CCOCCOCCOCCOCCN=C(N)N(CCOCCN(C)C(=O)O[C@@H]([C@@H]1OC(C(=O)O)=C[C@H](N=C(N)N)[C@H]1NC(C)=O)[C@H](O)CO)CCN(C)CCN(C)C(=O)O[C@@H]([C@@H]1OC(C(=O)O)=C[C@H](N=C(N)N)[C@H]1NC(C)=O)[C@H](O)CO. The normalized spacial score (nSPS) is 19.9. The van der Waals surface area contributed by atoms with Crippen LogP contribution in [0.5, 0.6) is 0 Å². The molecule has 4 amide bonds. The van der Waals surface area contributed by atoms with Crippen LogP contribution in [0, 0.1) is 12.3 Å². The zero-order chi connectivity index (χ0) is 62.9. The summed E-state index contributed by atoms with van der Waals surface area (Å²) in [5.74, 6) is -4.24.